The van der Waals surface area contributed by atoms with Crippen LogP contribution in [0.4, 0.5) is 20.6 Å². The predicted molar refractivity (Wildman–Crippen MR) is 105 cm³/mol. The van der Waals surface area contributed by atoms with E-state index in [1.165, 1.54) is 11.0 Å². The maximum absolute atomic E-state index is 14.4. The van der Waals surface area contributed by atoms with E-state index in [9.17, 15) is 14.0 Å². The van der Waals surface area contributed by atoms with Crippen molar-refractivity contribution in [3.8, 4) is 0 Å². The Hall–Kier alpha value is -3.26. The SMILES string of the molecule is CN1C(=O)CN=C(c2ccccc2F)c2cc(NC(=O)NCCCO)ccc21. The second kappa shape index (κ2) is 8.62. The molecule has 0 unspecified atom stereocenters. The minimum atomic E-state index is -0.440. The summed E-state index contributed by atoms with van der Waals surface area (Å²) in [7, 11) is 1.63. The molecule has 3 N–H and O–H groups in total. The molecule has 0 atom stereocenters. The minimum Gasteiger partial charge on any atom is -0.396 e. The second-order valence-corrected chi connectivity index (χ2v) is 6.29. The van der Waals surface area contributed by atoms with Gasteiger partial charge in [0.25, 0.3) is 0 Å². The van der Waals surface area contributed by atoms with E-state index in [1.54, 1.807) is 43.4 Å². The Bertz CT molecular complexity index is 929. The van der Waals surface area contributed by atoms with Crippen LogP contribution in [0.25, 0.3) is 0 Å². The molecule has 3 amide bonds. The first kappa shape index (κ1) is 19.5. The number of halogens is 1. The van der Waals surface area contributed by atoms with Gasteiger partial charge in [0.05, 0.1) is 11.4 Å². The molecule has 1 heterocycles. The molecule has 3 rings (SSSR count). The summed E-state index contributed by atoms with van der Waals surface area (Å²) in [6.07, 6.45) is 0.453. The second-order valence-electron chi connectivity index (χ2n) is 6.29. The van der Waals surface area contributed by atoms with Crippen molar-refractivity contribution in [2.24, 2.45) is 4.99 Å². The highest BCUT2D eigenvalue weighted by atomic mass is 19.1. The Labute approximate surface area is 161 Å². The molecule has 0 aromatic heterocycles. The third kappa shape index (κ3) is 4.17. The van der Waals surface area contributed by atoms with Gasteiger partial charge in [-0.1, -0.05) is 12.1 Å². The van der Waals surface area contributed by atoms with Crippen molar-refractivity contribution in [3.63, 3.8) is 0 Å². The fourth-order valence-corrected chi connectivity index (χ4v) is 2.91. The lowest BCUT2D eigenvalue weighted by molar-refractivity contribution is -0.116. The molecule has 0 aliphatic carbocycles. The molecular weight excluding hydrogens is 363 g/mol. The van der Waals surface area contributed by atoms with Crippen molar-refractivity contribution in [3.05, 3.63) is 59.4 Å². The van der Waals surface area contributed by atoms with Crippen LogP contribution in [0.5, 0.6) is 0 Å². The normalized spacial score (nSPS) is 13.5. The molecule has 8 heteroatoms. The summed E-state index contributed by atoms with van der Waals surface area (Å²) in [5.41, 5.74) is 2.25. The molecule has 146 valence electrons. The van der Waals surface area contributed by atoms with Crippen LogP contribution in [-0.2, 0) is 4.79 Å². The zero-order valence-electron chi connectivity index (χ0n) is 15.4. The molecule has 0 bridgehead atoms. The number of likely N-dealkylation sites (N-methyl/N-ethyl adjacent to an activating group) is 1. The first-order valence-electron chi connectivity index (χ1n) is 8.87. The first-order valence-corrected chi connectivity index (χ1v) is 8.87. The number of benzene rings is 2. The van der Waals surface area contributed by atoms with Crippen LogP contribution in [0.15, 0.2) is 47.5 Å². The summed E-state index contributed by atoms with van der Waals surface area (Å²) >= 11 is 0. The molecular formula is C20H21FN4O3. The largest absolute Gasteiger partial charge is 0.396 e. The van der Waals surface area contributed by atoms with Gasteiger partial charge >= 0.3 is 6.03 Å². The van der Waals surface area contributed by atoms with Gasteiger partial charge < -0.3 is 20.6 Å². The zero-order chi connectivity index (χ0) is 20.1. The summed E-state index contributed by atoms with van der Waals surface area (Å²) in [5.74, 6) is -0.653. The van der Waals surface area contributed by atoms with Crippen LogP contribution in [-0.4, -0.2) is 49.5 Å². The molecule has 2 aromatic rings. The van der Waals surface area contributed by atoms with Crippen LogP contribution >= 0.6 is 0 Å². The Kier molecular flexibility index (Phi) is 6.00. The number of fused-ring (bicyclic) bond motifs is 1. The van der Waals surface area contributed by atoms with Crippen LogP contribution in [0.2, 0.25) is 0 Å². The molecule has 2 aromatic carbocycles. The van der Waals surface area contributed by atoms with Crippen molar-refractivity contribution in [1.82, 2.24) is 5.32 Å². The van der Waals surface area contributed by atoms with Gasteiger partial charge in [-0.3, -0.25) is 9.79 Å². The summed E-state index contributed by atoms with van der Waals surface area (Å²) in [5, 5.41) is 14.1. The molecule has 7 nitrogen and oxygen atoms in total. The van der Waals surface area contributed by atoms with Crippen LogP contribution in [0.1, 0.15) is 17.5 Å². The minimum absolute atomic E-state index is 0.0120. The quantitative estimate of drug-likeness (QED) is 0.690. The first-order chi connectivity index (χ1) is 13.5. The molecule has 1 aliphatic rings. The van der Waals surface area contributed by atoms with E-state index < -0.39 is 11.8 Å². The van der Waals surface area contributed by atoms with E-state index in [4.69, 9.17) is 5.11 Å². The van der Waals surface area contributed by atoms with Crippen LogP contribution in [0, 0.1) is 5.82 Å². The third-order valence-electron chi connectivity index (χ3n) is 4.37. The summed E-state index contributed by atoms with van der Waals surface area (Å²) in [6.45, 7) is 0.230. The van der Waals surface area contributed by atoms with Gasteiger partial charge in [0.15, 0.2) is 0 Å². The number of aliphatic imine (C=N–C) groups is 1. The number of hydrogen-bond donors (Lipinski definition) is 3. The highest BCUT2D eigenvalue weighted by Gasteiger charge is 2.24. The fourth-order valence-electron chi connectivity index (χ4n) is 2.91. The third-order valence-corrected chi connectivity index (χ3v) is 4.37. The van der Waals surface area contributed by atoms with Crippen molar-refractivity contribution in [2.75, 3.05) is 37.0 Å². The standard InChI is InChI=1S/C20H21FN4O3/c1-25-17-8-7-13(24-20(28)22-9-4-10-26)11-15(17)19(23-12-18(25)27)14-5-2-3-6-16(14)21/h2-3,5-8,11,26H,4,9-10,12H2,1H3,(H2,22,24,28). The van der Waals surface area contributed by atoms with Crippen molar-refractivity contribution >= 4 is 29.0 Å². The van der Waals surface area contributed by atoms with Gasteiger partial charge in [0, 0.05) is 37.0 Å². The smallest absolute Gasteiger partial charge is 0.319 e. The predicted octanol–water partition coefficient (Wildman–Crippen LogP) is 2.14. The number of nitrogens with one attached hydrogen (secondary N) is 2. The summed E-state index contributed by atoms with van der Waals surface area (Å²) in [4.78, 5) is 30.1. The lowest BCUT2D eigenvalue weighted by Gasteiger charge is -2.19. The number of nitrogens with zero attached hydrogens (tertiary/aromatic N) is 2. The molecule has 1 aliphatic heterocycles. The number of aliphatic hydroxyl groups is 1. The van der Waals surface area contributed by atoms with Crippen LogP contribution < -0.4 is 15.5 Å². The number of amides is 3. The van der Waals surface area contributed by atoms with E-state index in [2.05, 4.69) is 15.6 Å². The Balaban J connectivity index is 1.98. The van der Waals surface area contributed by atoms with Gasteiger partial charge in [0.2, 0.25) is 5.91 Å². The topological polar surface area (TPSA) is 94.0 Å². The molecule has 28 heavy (non-hydrogen) atoms. The number of carbonyl (C=O) groups is 2. The van der Waals surface area contributed by atoms with Gasteiger partial charge in [-0.2, -0.15) is 0 Å². The Morgan fingerprint density at radius 3 is 2.79 bits per heavy atom. The maximum Gasteiger partial charge on any atom is 0.319 e. The lowest BCUT2D eigenvalue weighted by Crippen LogP contribution is -2.30. The van der Waals surface area contributed by atoms with Gasteiger partial charge in [0.1, 0.15) is 12.4 Å². The monoisotopic (exact) mass is 384 g/mol. The molecule has 0 spiro atoms. The number of benzodiazepines with no additional fused rings is 1. The summed E-state index contributed by atoms with van der Waals surface area (Å²) in [6, 6.07) is 10.8. The van der Waals surface area contributed by atoms with E-state index in [-0.39, 0.29) is 24.6 Å². The van der Waals surface area contributed by atoms with Crippen molar-refractivity contribution in [1.29, 1.82) is 0 Å². The number of aliphatic hydroxyl groups excluding tert-OH is 1. The number of carbonyl (C=O) groups excluding carboxylic acids is 2. The van der Waals surface area contributed by atoms with Gasteiger partial charge in [-0.15, -0.1) is 0 Å². The molecule has 0 saturated carbocycles. The van der Waals surface area contributed by atoms with Crippen LogP contribution in [0.3, 0.4) is 0 Å². The molecule has 0 saturated heterocycles. The maximum atomic E-state index is 14.4. The molecule has 0 radical (unpaired) electrons. The zero-order valence-corrected chi connectivity index (χ0v) is 15.4. The van der Waals surface area contributed by atoms with E-state index in [0.29, 0.717) is 35.6 Å². The fraction of sp³-hybridized carbons (Fsp3) is 0.250. The van der Waals surface area contributed by atoms with Gasteiger partial charge in [-0.25, -0.2) is 9.18 Å². The number of urea groups is 1. The van der Waals surface area contributed by atoms with Gasteiger partial charge in [-0.05, 0) is 36.8 Å². The lowest BCUT2D eigenvalue weighted by atomic mass is 9.99. The van der Waals surface area contributed by atoms with E-state index >= 15 is 0 Å². The Morgan fingerprint density at radius 1 is 1.25 bits per heavy atom. The number of anilines is 2. The number of rotatable bonds is 5. The van der Waals surface area contributed by atoms with Crippen molar-refractivity contribution in [2.45, 2.75) is 6.42 Å². The highest BCUT2D eigenvalue weighted by Crippen LogP contribution is 2.29. The Morgan fingerprint density at radius 2 is 2.04 bits per heavy atom. The average molecular weight is 384 g/mol. The van der Waals surface area contributed by atoms with E-state index in [0.717, 1.165) is 0 Å². The van der Waals surface area contributed by atoms with E-state index in [1.807, 2.05) is 0 Å². The molecule has 0 fully saturated rings. The number of hydrogen-bond acceptors (Lipinski definition) is 4. The summed E-state index contributed by atoms with van der Waals surface area (Å²) < 4.78 is 14.4. The van der Waals surface area contributed by atoms with Crippen molar-refractivity contribution < 1.29 is 19.1 Å². The highest BCUT2D eigenvalue weighted by molar-refractivity contribution is 6.20. The average Bonchev–Trinajstić information content (AvgIpc) is 2.80.